The number of amides is 3. The van der Waals surface area contributed by atoms with Crippen LogP contribution in [0.3, 0.4) is 0 Å². The fourth-order valence-electron chi connectivity index (χ4n) is 2.75. The normalized spacial score (nSPS) is 12.8. The molecule has 130 valence electrons. The van der Waals surface area contributed by atoms with Crippen molar-refractivity contribution in [3.05, 3.63) is 47.7 Å². The highest BCUT2D eigenvalue weighted by Gasteiger charge is 2.23. The Hall–Kier alpha value is -3.09. The first-order valence-corrected chi connectivity index (χ1v) is 8.09. The number of fused-ring (bicyclic) bond motifs is 1. The van der Waals surface area contributed by atoms with E-state index in [9.17, 15) is 9.59 Å². The minimum Gasteiger partial charge on any atom is -0.475 e. The van der Waals surface area contributed by atoms with Crippen molar-refractivity contribution >= 4 is 23.3 Å². The minimum absolute atomic E-state index is 0.0178. The number of urea groups is 1. The maximum absolute atomic E-state index is 12.4. The summed E-state index contributed by atoms with van der Waals surface area (Å²) in [6, 6.07) is 9.98. The molecule has 1 aliphatic rings. The van der Waals surface area contributed by atoms with Crippen LogP contribution in [0.2, 0.25) is 0 Å². The second-order valence-electron chi connectivity index (χ2n) is 6.07. The predicted molar refractivity (Wildman–Crippen MR) is 95.0 cm³/mol. The van der Waals surface area contributed by atoms with Crippen LogP contribution < -0.4 is 20.7 Å². The SMILES string of the molecule is CC(C)Oc1cccc(C(=O)Nc2ccc3c(c2)CCN3C(N)=O)n1. The van der Waals surface area contributed by atoms with Gasteiger partial charge in [-0.1, -0.05) is 6.07 Å². The van der Waals surface area contributed by atoms with Gasteiger partial charge in [0.25, 0.3) is 5.91 Å². The Morgan fingerprint density at radius 2 is 2.08 bits per heavy atom. The summed E-state index contributed by atoms with van der Waals surface area (Å²) >= 11 is 0. The topological polar surface area (TPSA) is 97.5 Å². The lowest BCUT2D eigenvalue weighted by atomic mass is 10.1. The number of aromatic nitrogens is 1. The monoisotopic (exact) mass is 340 g/mol. The molecule has 1 aromatic heterocycles. The third kappa shape index (κ3) is 3.71. The van der Waals surface area contributed by atoms with Gasteiger partial charge in [-0.25, -0.2) is 9.78 Å². The number of hydrogen-bond acceptors (Lipinski definition) is 4. The third-order valence-electron chi connectivity index (χ3n) is 3.81. The average Bonchev–Trinajstić information content (AvgIpc) is 2.98. The Morgan fingerprint density at radius 3 is 2.80 bits per heavy atom. The third-order valence-corrected chi connectivity index (χ3v) is 3.81. The zero-order valence-corrected chi connectivity index (χ0v) is 14.2. The molecule has 0 unspecified atom stereocenters. The number of hydrogen-bond donors (Lipinski definition) is 2. The van der Waals surface area contributed by atoms with Crippen molar-refractivity contribution in [2.75, 3.05) is 16.8 Å². The lowest BCUT2D eigenvalue weighted by molar-refractivity contribution is 0.102. The van der Waals surface area contributed by atoms with Gasteiger partial charge in [0.15, 0.2) is 0 Å². The Balaban J connectivity index is 1.75. The summed E-state index contributed by atoms with van der Waals surface area (Å²) in [6.45, 7) is 4.35. The van der Waals surface area contributed by atoms with Gasteiger partial charge in [-0.15, -0.1) is 0 Å². The molecule has 0 radical (unpaired) electrons. The summed E-state index contributed by atoms with van der Waals surface area (Å²) in [5.74, 6) is 0.0904. The van der Waals surface area contributed by atoms with Gasteiger partial charge in [-0.05, 0) is 50.1 Å². The second kappa shape index (κ2) is 6.80. The minimum atomic E-state index is -0.471. The van der Waals surface area contributed by atoms with E-state index in [0.717, 1.165) is 11.3 Å². The molecule has 1 aromatic carbocycles. The van der Waals surface area contributed by atoms with Crippen molar-refractivity contribution in [3.8, 4) is 5.88 Å². The average molecular weight is 340 g/mol. The van der Waals surface area contributed by atoms with E-state index in [2.05, 4.69) is 10.3 Å². The summed E-state index contributed by atoms with van der Waals surface area (Å²) in [6.07, 6.45) is 0.688. The molecular weight excluding hydrogens is 320 g/mol. The highest BCUT2D eigenvalue weighted by atomic mass is 16.5. The molecule has 0 bridgehead atoms. The summed E-state index contributed by atoms with van der Waals surface area (Å²) in [7, 11) is 0. The molecule has 0 saturated carbocycles. The number of rotatable bonds is 4. The molecule has 0 aliphatic carbocycles. The number of nitrogens with two attached hydrogens (primary N) is 1. The van der Waals surface area contributed by atoms with Crippen LogP contribution in [0.15, 0.2) is 36.4 Å². The lowest BCUT2D eigenvalue weighted by Crippen LogP contribution is -2.33. The van der Waals surface area contributed by atoms with Gasteiger partial charge in [0.05, 0.1) is 6.10 Å². The Bertz CT molecular complexity index is 820. The molecule has 1 aliphatic heterocycles. The van der Waals surface area contributed by atoms with Crippen LogP contribution in [0.25, 0.3) is 0 Å². The summed E-state index contributed by atoms with van der Waals surface area (Å²) in [5, 5.41) is 2.82. The second-order valence-corrected chi connectivity index (χ2v) is 6.07. The van der Waals surface area contributed by atoms with E-state index in [4.69, 9.17) is 10.5 Å². The van der Waals surface area contributed by atoms with Gasteiger partial charge >= 0.3 is 6.03 Å². The van der Waals surface area contributed by atoms with Crippen molar-refractivity contribution in [2.45, 2.75) is 26.4 Å². The van der Waals surface area contributed by atoms with Crippen LogP contribution >= 0.6 is 0 Å². The lowest BCUT2D eigenvalue weighted by Gasteiger charge is -2.14. The number of primary amides is 1. The van der Waals surface area contributed by atoms with Crippen LogP contribution in [0.5, 0.6) is 5.88 Å². The predicted octanol–water partition coefficient (Wildman–Crippen LogP) is 2.56. The quantitative estimate of drug-likeness (QED) is 0.894. The van der Waals surface area contributed by atoms with Gasteiger partial charge in [0, 0.05) is 24.0 Å². The molecule has 3 amide bonds. The van der Waals surface area contributed by atoms with Crippen LogP contribution in [0.1, 0.15) is 29.9 Å². The van der Waals surface area contributed by atoms with Gasteiger partial charge in [-0.3, -0.25) is 9.69 Å². The van der Waals surface area contributed by atoms with E-state index in [-0.39, 0.29) is 17.7 Å². The van der Waals surface area contributed by atoms with Gasteiger partial charge in [0.2, 0.25) is 5.88 Å². The summed E-state index contributed by atoms with van der Waals surface area (Å²) < 4.78 is 5.51. The molecule has 25 heavy (non-hydrogen) atoms. The van der Waals surface area contributed by atoms with Crippen LogP contribution in [-0.2, 0) is 6.42 Å². The van der Waals surface area contributed by atoms with E-state index in [0.29, 0.717) is 24.5 Å². The molecule has 2 heterocycles. The highest BCUT2D eigenvalue weighted by Crippen LogP contribution is 2.30. The number of carbonyl (C=O) groups excluding carboxylic acids is 2. The number of benzene rings is 1. The maximum Gasteiger partial charge on any atom is 0.319 e. The zero-order chi connectivity index (χ0) is 18.0. The zero-order valence-electron chi connectivity index (χ0n) is 14.2. The van der Waals surface area contributed by atoms with E-state index in [1.807, 2.05) is 19.9 Å². The molecule has 0 spiro atoms. The smallest absolute Gasteiger partial charge is 0.319 e. The first-order chi connectivity index (χ1) is 11.9. The number of nitrogens with one attached hydrogen (secondary N) is 1. The van der Waals surface area contributed by atoms with Crippen LogP contribution in [-0.4, -0.2) is 29.6 Å². The fourth-order valence-corrected chi connectivity index (χ4v) is 2.75. The van der Waals surface area contributed by atoms with Crippen LogP contribution in [0.4, 0.5) is 16.2 Å². The molecule has 3 N–H and O–H groups in total. The molecule has 0 fully saturated rings. The number of anilines is 2. The molecule has 0 saturated heterocycles. The molecule has 7 heteroatoms. The molecule has 0 atom stereocenters. The maximum atomic E-state index is 12.4. The number of pyridine rings is 1. The van der Waals surface area contributed by atoms with Gasteiger partial charge in [-0.2, -0.15) is 0 Å². The van der Waals surface area contributed by atoms with E-state index in [1.165, 1.54) is 4.90 Å². The molecular formula is C18H20N4O3. The van der Waals surface area contributed by atoms with Gasteiger partial charge < -0.3 is 15.8 Å². The number of carbonyl (C=O) groups is 2. The van der Waals surface area contributed by atoms with Crippen molar-refractivity contribution in [1.29, 1.82) is 0 Å². The van der Waals surface area contributed by atoms with E-state index in [1.54, 1.807) is 30.3 Å². The van der Waals surface area contributed by atoms with Crippen molar-refractivity contribution in [3.63, 3.8) is 0 Å². The summed E-state index contributed by atoms with van der Waals surface area (Å²) in [5.41, 5.74) is 8.04. The van der Waals surface area contributed by atoms with E-state index >= 15 is 0 Å². The first kappa shape index (κ1) is 16.8. The van der Waals surface area contributed by atoms with E-state index < -0.39 is 6.03 Å². The Morgan fingerprint density at radius 1 is 1.28 bits per heavy atom. The first-order valence-electron chi connectivity index (χ1n) is 8.09. The molecule has 2 aromatic rings. The number of ether oxygens (including phenoxy) is 1. The molecule has 3 rings (SSSR count). The Kier molecular flexibility index (Phi) is 4.56. The van der Waals surface area contributed by atoms with Crippen molar-refractivity contribution in [2.24, 2.45) is 5.73 Å². The van der Waals surface area contributed by atoms with Crippen molar-refractivity contribution < 1.29 is 14.3 Å². The van der Waals surface area contributed by atoms with Crippen molar-refractivity contribution in [1.82, 2.24) is 4.98 Å². The fraction of sp³-hybridized carbons (Fsp3) is 0.278. The largest absolute Gasteiger partial charge is 0.475 e. The van der Waals surface area contributed by atoms with Crippen LogP contribution in [0, 0.1) is 0 Å². The molecule has 7 nitrogen and oxygen atoms in total. The highest BCUT2D eigenvalue weighted by molar-refractivity contribution is 6.03. The number of nitrogens with zero attached hydrogens (tertiary/aromatic N) is 2. The Labute approximate surface area is 145 Å². The standard InChI is InChI=1S/C18H20N4O3/c1-11(2)25-16-5-3-4-14(21-16)17(23)20-13-6-7-15-12(10-13)8-9-22(15)18(19)24/h3-7,10-11H,8-9H2,1-2H3,(H2,19,24)(H,20,23). The summed E-state index contributed by atoms with van der Waals surface area (Å²) in [4.78, 5) is 29.5. The van der Waals surface area contributed by atoms with Gasteiger partial charge in [0.1, 0.15) is 5.69 Å².